The highest BCUT2D eigenvalue weighted by Crippen LogP contribution is 2.22. The quantitative estimate of drug-likeness (QED) is 0.706. The van der Waals surface area contributed by atoms with E-state index in [0.29, 0.717) is 37.4 Å². The molecular formula is C25H32N4O3. The fourth-order valence-electron chi connectivity index (χ4n) is 3.59. The maximum Gasteiger partial charge on any atom is 0.313 e. The number of carbonyl (C=O) groups is 3. The summed E-state index contributed by atoms with van der Waals surface area (Å²) in [5.74, 6) is -1.28. The monoisotopic (exact) mass is 436 g/mol. The summed E-state index contributed by atoms with van der Waals surface area (Å²) in [4.78, 5) is 40.8. The van der Waals surface area contributed by atoms with Gasteiger partial charge in [0.25, 0.3) is 5.91 Å². The second kappa shape index (κ2) is 10.4. The second-order valence-electron chi connectivity index (χ2n) is 9.04. The molecule has 0 bridgehead atoms. The van der Waals surface area contributed by atoms with Gasteiger partial charge in [0, 0.05) is 50.5 Å². The van der Waals surface area contributed by atoms with Gasteiger partial charge in [-0.05, 0) is 35.2 Å². The van der Waals surface area contributed by atoms with Crippen LogP contribution in [0.2, 0.25) is 0 Å². The van der Waals surface area contributed by atoms with Crippen molar-refractivity contribution in [2.24, 2.45) is 0 Å². The van der Waals surface area contributed by atoms with Crippen LogP contribution >= 0.6 is 0 Å². The van der Waals surface area contributed by atoms with Crippen LogP contribution in [0.1, 0.15) is 36.7 Å². The van der Waals surface area contributed by atoms with E-state index in [1.807, 2.05) is 35.2 Å². The Morgan fingerprint density at radius 2 is 1.47 bits per heavy atom. The third-order valence-electron chi connectivity index (χ3n) is 5.61. The Balaban J connectivity index is 1.38. The van der Waals surface area contributed by atoms with E-state index in [-0.39, 0.29) is 11.3 Å². The number of para-hydroxylation sites is 1. The van der Waals surface area contributed by atoms with Gasteiger partial charge >= 0.3 is 11.8 Å². The molecule has 1 aliphatic heterocycles. The molecule has 0 aliphatic carbocycles. The van der Waals surface area contributed by atoms with Gasteiger partial charge in [-0.3, -0.25) is 19.3 Å². The van der Waals surface area contributed by atoms with Gasteiger partial charge in [0.1, 0.15) is 0 Å². The van der Waals surface area contributed by atoms with Gasteiger partial charge in [0.2, 0.25) is 0 Å². The number of hydrogen-bond donors (Lipinski definition) is 2. The van der Waals surface area contributed by atoms with Crippen molar-refractivity contribution in [3.05, 3.63) is 65.7 Å². The third kappa shape index (κ3) is 6.40. The summed E-state index contributed by atoms with van der Waals surface area (Å²) in [5, 5.41) is 5.22. The Labute approximate surface area is 189 Å². The van der Waals surface area contributed by atoms with Crippen LogP contribution in [0.15, 0.2) is 54.6 Å². The molecule has 0 radical (unpaired) electrons. The summed E-state index contributed by atoms with van der Waals surface area (Å²) in [6.45, 7) is 10.2. The summed E-state index contributed by atoms with van der Waals surface area (Å²) < 4.78 is 0. The minimum absolute atomic E-state index is 0.0518. The molecule has 1 aliphatic rings. The number of rotatable bonds is 5. The lowest BCUT2D eigenvalue weighted by atomic mass is 9.86. The molecule has 170 valence electrons. The minimum atomic E-state index is -0.677. The molecule has 0 aromatic heterocycles. The van der Waals surface area contributed by atoms with Crippen molar-refractivity contribution in [2.45, 2.75) is 26.2 Å². The van der Waals surface area contributed by atoms with Crippen molar-refractivity contribution in [3.63, 3.8) is 0 Å². The average Bonchev–Trinajstić information content (AvgIpc) is 2.79. The first kappa shape index (κ1) is 23.5. The molecule has 2 aromatic carbocycles. The van der Waals surface area contributed by atoms with Crippen molar-refractivity contribution in [1.29, 1.82) is 0 Å². The van der Waals surface area contributed by atoms with Gasteiger partial charge in [-0.1, -0.05) is 51.1 Å². The first-order valence-electron chi connectivity index (χ1n) is 11.0. The van der Waals surface area contributed by atoms with Crippen LogP contribution in [-0.4, -0.2) is 66.8 Å². The van der Waals surface area contributed by atoms with Gasteiger partial charge < -0.3 is 15.5 Å². The van der Waals surface area contributed by atoms with E-state index in [1.54, 1.807) is 24.3 Å². The number of nitrogens with zero attached hydrogens (tertiary/aromatic N) is 2. The topological polar surface area (TPSA) is 81.8 Å². The van der Waals surface area contributed by atoms with E-state index in [9.17, 15) is 14.4 Å². The molecule has 1 saturated heterocycles. The lowest BCUT2D eigenvalue weighted by molar-refractivity contribution is -0.136. The molecule has 0 unspecified atom stereocenters. The van der Waals surface area contributed by atoms with Crippen LogP contribution in [0.25, 0.3) is 0 Å². The van der Waals surface area contributed by atoms with Gasteiger partial charge in [0.05, 0.1) is 0 Å². The Kier molecular flexibility index (Phi) is 7.64. The predicted octanol–water partition coefficient (Wildman–Crippen LogP) is 2.50. The number of hydrogen-bond acceptors (Lipinski definition) is 4. The molecule has 3 amide bonds. The van der Waals surface area contributed by atoms with Gasteiger partial charge in [-0.15, -0.1) is 0 Å². The summed E-state index contributed by atoms with van der Waals surface area (Å²) in [6.07, 6.45) is 0. The van der Waals surface area contributed by atoms with Crippen molar-refractivity contribution in [3.8, 4) is 0 Å². The summed E-state index contributed by atoms with van der Waals surface area (Å²) in [5.41, 5.74) is 2.56. The molecule has 0 spiro atoms. The Hall–Kier alpha value is -3.19. The molecule has 1 heterocycles. The Morgan fingerprint density at radius 1 is 0.844 bits per heavy atom. The highest BCUT2D eigenvalue weighted by molar-refractivity contribution is 6.39. The largest absolute Gasteiger partial charge is 0.347 e. The summed E-state index contributed by atoms with van der Waals surface area (Å²) in [7, 11) is 0. The highest BCUT2D eigenvalue weighted by Gasteiger charge is 2.23. The lowest BCUT2D eigenvalue weighted by Gasteiger charge is -2.34. The molecule has 7 nitrogen and oxygen atoms in total. The van der Waals surface area contributed by atoms with Crippen molar-refractivity contribution < 1.29 is 14.4 Å². The highest BCUT2D eigenvalue weighted by atomic mass is 16.2. The van der Waals surface area contributed by atoms with Crippen LogP contribution in [0.3, 0.4) is 0 Å². The molecule has 0 atom stereocenters. The zero-order valence-electron chi connectivity index (χ0n) is 19.1. The van der Waals surface area contributed by atoms with Crippen LogP contribution in [0.4, 0.5) is 5.69 Å². The first-order chi connectivity index (χ1) is 15.2. The second-order valence-corrected chi connectivity index (χ2v) is 9.04. The Bertz CT molecular complexity index is 928. The maximum atomic E-state index is 12.8. The smallest absolute Gasteiger partial charge is 0.313 e. The average molecular weight is 437 g/mol. The number of anilines is 1. The van der Waals surface area contributed by atoms with E-state index >= 15 is 0 Å². The zero-order chi connectivity index (χ0) is 23.1. The first-order valence-corrected chi connectivity index (χ1v) is 11.0. The Morgan fingerprint density at radius 3 is 2.06 bits per heavy atom. The van der Waals surface area contributed by atoms with Gasteiger partial charge in [-0.25, -0.2) is 0 Å². The standard InChI is InChI=1S/C25H32N4O3/c1-25(2,3)20-11-9-19(10-12-20)24(32)29-17-15-28(16-18-29)14-13-26-22(30)23(31)27-21-7-5-4-6-8-21/h4-12H,13-18H2,1-3H3,(H,26,30)(H,27,31). The predicted molar refractivity (Wildman–Crippen MR) is 126 cm³/mol. The van der Waals surface area contributed by atoms with Crippen LogP contribution in [0.5, 0.6) is 0 Å². The normalized spacial score (nSPS) is 14.7. The molecule has 2 aromatic rings. The van der Waals surface area contributed by atoms with Crippen molar-refractivity contribution >= 4 is 23.4 Å². The van der Waals surface area contributed by atoms with E-state index in [1.165, 1.54) is 5.56 Å². The molecule has 32 heavy (non-hydrogen) atoms. The fourth-order valence-corrected chi connectivity index (χ4v) is 3.59. The minimum Gasteiger partial charge on any atom is -0.347 e. The number of carbonyl (C=O) groups excluding carboxylic acids is 3. The number of amides is 3. The summed E-state index contributed by atoms with van der Waals surface area (Å²) in [6, 6.07) is 16.7. The fraction of sp³-hybridized carbons (Fsp3) is 0.400. The van der Waals surface area contributed by atoms with Crippen LogP contribution in [-0.2, 0) is 15.0 Å². The third-order valence-corrected chi connectivity index (χ3v) is 5.61. The van der Waals surface area contributed by atoms with E-state index in [2.05, 4.69) is 36.3 Å². The SMILES string of the molecule is CC(C)(C)c1ccc(C(=O)N2CCN(CCNC(=O)C(=O)Nc3ccccc3)CC2)cc1. The van der Waals surface area contributed by atoms with E-state index in [0.717, 1.165) is 13.1 Å². The molecule has 1 fully saturated rings. The van der Waals surface area contributed by atoms with E-state index < -0.39 is 11.8 Å². The maximum absolute atomic E-state index is 12.8. The zero-order valence-corrected chi connectivity index (χ0v) is 19.1. The molecule has 3 rings (SSSR count). The van der Waals surface area contributed by atoms with Crippen molar-refractivity contribution in [2.75, 3.05) is 44.6 Å². The summed E-state index contributed by atoms with van der Waals surface area (Å²) >= 11 is 0. The molecular weight excluding hydrogens is 404 g/mol. The van der Waals surface area contributed by atoms with Crippen LogP contribution in [0, 0.1) is 0 Å². The lowest BCUT2D eigenvalue weighted by Crippen LogP contribution is -2.50. The molecule has 7 heteroatoms. The number of benzene rings is 2. The van der Waals surface area contributed by atoms with E-state index in [4.69, 9.17) is 0 Å². The number of piperazine rings is 1. The van der Waals surface area contributed by atoms with Crippen molar-refractivity contribution in [1.82, 2.24) is 15.1 Å². The van der Waals surface area contributed by atoms with Crippen LogP contribution < -0.4 is 10.6 Å². The number of nitrogens with one attached hydrogen (secondary N) is 2. The van der Waals surface area contributed by atoms with Gasteiger partial charge in [-0.2, -0.15) is 0 Å². The molecule has 0 saturated carbocycles. The molecule has 2 N–H and O–H groups in total. The van der Waals surface area contributed by atoms with Gasteiger partial charge in [0.15, 0.2) is 0 Å².